The normalized spacial score (nSPS) is 13.3. The van der Waals surface area contributed by atoms with E-state index in [1.54, 1.807) is 0 Å². The summed E-state index contributed by atoms with van der Waals surface area (Å²) in [7, 11) is 0. The molecule has 0 saturated carbocycles. The van der Waals surface area contributed by atoms with E-state index in [0.717, 1.165) is 30.8 Å². The largest absolute Gasteiger partial charge is 0.316 e. The summed E-state index contributed by atoms with van der Waals surface area (Å²) in [5.74, 6) is 2.23. The maximum absolute atomic E-state index is 3.61. The van der Waals surface area contributed by atoms with Crippen LogP contribution in [0.5, 0.6) is 0 Å². The van der Waals surface area contributed by atoms with Crippen LogP contribution in [0, 0.1) is 23.2 Å². The van der Waals surface area contributed by atoms with Crippen LogP contribution in [0.3, 0.4) is 0 Å². The van der Waals surface area contributed by atoms with Crippen molar-refractivity contribution < 1.29 is 0 Å². The Hall–Kier alpha value is -0.0800. The van der Waals surface area contributed by atoms with E-state index in [9.17, 15) is 0 Å². The second-order valence-corrected chi connectivity index (χ2v) is 8.17. The summed E-state index contributed by atoms with van der Waals surface area (Å²) in [5.41, 5.74) is 0.346. The first-order chi connectivity index (χ1) is 8.62. The first-order valence-electron chi connectivity index (χ1n) is 8.05. The zero-order valence-electron chi connectivity index (χ0n) is 14.7. The molecule has 0 aliphatic carbocycles. The summed E-state index contributed by atoms with van der Waals surface area (Å²) in [6.45, 7) is 24.4. The van der Waals surface area contributed by atoms with Crippen LogP contribution in [-0.4, -0.2) is 37.6 Å². The van der Waals surface area contributed by atoms with Gasteiger partial charge in [-0.05, 0) is 29.7 Å². The molecule has 0 fully saturated rings. The van der Waals surface area contributed by atoms with Crippen LogP contribution in [0.1, 0.15) is 55.4 Å². The van der Waals surface area contributed by atoms with Crippen LogP contribution in [-0.2, 0) is 0 Å². The second kappa shape index (κ2) is 8.97. The molecule has 0 aliphatic heterocycles. The molecule has 0 atom stereocenters. The average Bonchev–Trinajstić information content (AvgIpc) is 2.12. The molecule has 2 nitrogen and oxygen atoms in total. The first-order valence-corrected chi connectivity index (χ1v) is 8.05. The Morgan fingerprint density at radius 2 is 1.32 bits per heavy atom. The lowest BCUT2D eigenvalue weighted by atomic mass is 9.91. The molecule has 0 aromatic rings. The molecule has 116 valence electrons. The third-order valence-electron chi connectivity index (χ3n) is 3.05. The molecule has 0 radical (unpaired) electrons. The van der Waals surface area contributed by atoms with Crippen molar-refractivity contribution in [1.29, 1.82) is 0 Å². The number of hydrogen-bond donors (Lipinski definition) is 1. The summed E-state index contributed by atoms with van der Waals surface area (Å²) in [5, 5.41) is 3.61. The summed E-state index contributed by atoms with van der Waals surface area (Å²) in [6.07, 6.45) is 0. The number of nitrogens with zero attached hydrogens (tertiary/aromatic N) is 1. The third-order valence-corrected chi connectivity index (χ3v) is 3.05. The summed E-state index contributed by atoms with van der Waals surface area (Å²) < 4.78 is 0. The van der Waals surface area contributed by atoms with Gasteiger partial charge < -0.3 is 10.2 Å². The molecule has 0 amide bonds. The maximum atomic E-state index is 3.61. The van der Waals surface area contributed by atoms with Crippen LogP contribution >= 0.6 is 0 Å². The number of rotatable bonds is 10. The number of hydrogen-bond acceptors (Lipinski definition) is 2. The molecule has 2 heteroatoms. The van der Waals surface area contributed by atoms with Gasteiger partial charge in [-0.2, -0.15) is 0 Å². The van der Waals surface area contributed by atoms with Crippen molar-refractivity contribution in [3.05, 3.63) is 0 Å². The second-order valence-electron chi connectivity index (χ2n) is 8.17. The molecule has 0 aromatic heterocycles. The fourth-order valence-electron chi connectivity index (χ4n) is 2.60. The van der Waals surface area contributed by atoms with Crippen molar-refractivity contribution in [3.8, 4) is 0 Å². The monoisotopic (exact) mass is 270 g/mol. The minimum atomic E-state index is 0.346. The Bertz CT molecular complexity index is 209. The van der Waals surface area contributed by atoms with Crippen molar-refractivity contribution in [2.75, 3.05) is 32.7 Å². The van der Waals surface area contributed by atoms with Gasteiger partial charge >= 0.3 is 0 Å². The Morgan fingerprint density at radius 1 is 0.842 bits per heavy atom. The quantitative estimate of drug-likeness (QED) is 0.648. The molecule has 0 bridgehead atoms. The first kappa shape index (κ1) is 18.9. The lowest BCUT2D eigenvalue weighted by Gasteiger charge is -2.35. The number of nitrogens with one attached hydrogen (secondary N) is 1. The molecule has 1 N–H and O–H groups in total. The van der Waals surface area contributed by atoms with Crippen molar-refractivity contribution in [3.63, 3.8) is 0 Å². The fraction of sp³-hybridized carbons (Fsp3) is 1.00. The molecular formula is C17H38N2. The minimum Gasteiger partial charge on any atom is -0.316 e. The molecule has 0 spiro atoms. The Balaban J connectivity index is 4.28. The van der Waals surface area contributed by atoms with E-state index in [1.165, 1.54) is 19.6 Å². The SMILES string of the molecule is CC(C)CNCC(C)(C)CN(CC(C)C)CC(C)C. The highest BCUT2D eigenvalue weighted by molar-refractivity contribution is 4.77. The topological polar surface area (TPSA) is 15.3 Å². The van der Waals surface area contributed by atoms with Gasteiger partial charge in [0.2, 0.25) is 0 Å². The van der Waals surface area contributed by atoms with E-state index < -0.39 is 0 Å². The van der Waals surface area contributed by atoms with Crippen molar-refractivity contribution in [2.24, 2.45) is 23.2 Å². The van der Waals surface area contributed by atoms with Gasteiger partial charge in [-0.3, -0.25) is 0 Å². The molecule has 0 aromatic carbocycles. The Morgan fingerprint density at radius 3 is 1.68 bits per heavy atom. The van der Waals surface area contributed by atoms with Gasteiger partial charge in [0.25, 0.3) is 0 Å². The van der Waals surface area contributed by atoms with Gasteiger partial charge in [0.05, 0.1) is 0 Å². The van der Waals surface area contributed by atoms with E-state index in [1.807, 2.05) is 0 Å². The van der Waals surface area contributed by atoms with Crippen LogP contribution in [0.15, 0.2) is 0 Å². The Kier molecular flexibility index (Phi) is 8.93. The molecule has 0 saturated heterocycles. The van der Waals surface area contributed by atoms with Gasteiger partial charge in [0.15, 0.2) is 0 Å². The van der Waals surface area contributed by atoms with Crippen LogP contribution < -0.4 is 5.32 Å². The molecule has 0 heterocycles. The average molecular weight is 271 g/mol. The highest BCUT2D eigenvalue weighted by Gasteiger charge is 2.22. The van der Waals surface area contributed by atoms with Gasteiger partial charge in [0, 0.05) is 26.2 Å². The zero-order chi connectivity index (χ0) is 15.1. The fourth-order valence-corrected chi connectivity index (χ4v) is 2.60. The summed E-state index contributed by atoms with van der Waals surface area (Å²) >= 11 is 0. The maximum Gasteiger partial charge on any atom is 0.00451 e. The zero-order valence-corrected chi connectivity index (χ0v) is 14.7. The predicted octanol–water partition coefficient (Wildman–Crippen LogP) is 3.87. The molecular weight excluding hydrogens is 232 g/mol. The lowest BCUT2D eigenvalue weighted by molar-refractivity contribution is 0.145. The van der Waals surface area contributed by atoms with E-state index >= 15 is 0 Å². The molecule has 0 rings (SSSR count). The molecule has 19 heavy (non-hydrogen) atoms. The third kappa shape index (κ3) is 11.4. The Labute approximate surface area is 122 Å². The van der Waals surface area contributed by atoms with E-state index in [0.29, 0.717) is 5.41 Å². The minimum absolute atomic E-state index is 0.346. The highest BCUT2D eigenvalue weighted by atomic mass is 15.1. The van der Waals surface area contributed by atoms with Gasteiger partial charge in [0.1, 0.15) is 0 Å². The highest BCUT2D eigenvalue weighted by Crippen LogP contribution is 2.18. The van der Waals surface area contributed by atoms with Crippen molar-refractivity contribution in [2.45, 2.75) is 55.4 Å². The summed E-state index contributed by atoms with van der Waals surface area (Å²) in [4.78, 5) is 2.65. The lowest BCUT2D eigenvalue weighted by Crippen LogP contribution is -2.43. The summed E-state index contributed by atoms with van der Waals surface area (Å²) in [6, 6.07) is 0. The molecule has 0 unspecified atom stereocenters. The van der Waals surface area contributed by atoms with Gasteiger partial charge in [-0.25, -0.2) is 0 Å². The van der Waals surface area contributed by atoms with E-state index in [2.05, 4.69) is 65.6 Å². The van der Waals surface area contributed by atoms with E-state index in [4.69, 9.17) is 0 Å². The van der Waals surface area contributed by atoms with Gasteiger partial charge in [-0.1, -0.05) is 55.4 Å². The van der Waals surface area contributed by atoms with Crippen molar-refractivity contribution >= 4 is 0 Å². The van der Waals surface area contributed by atoms with Gasteiger partial charge in [-0.15, -0.1) is 0 Å². The van der Waals surface area contributed by atoms with Crippen molar-refractivity contribution in [1.82, 2.24) is 10.2 Å². The standard InChI is InChI=1S/C17H38N2/c1-14(2)9-18-12-17(7,8)13-19(10-15(3)4)11-16(5)6/h14-16,18H,9-13H2,1-8H3. The smallest absolute Gasteiger partial charge is 0.00451 e. The predicted molar refractivity (Wildman–Crippen MR) is 87.6 cm³/mol. The van der Waals surface area contributed by atoms with E-state index in [-0.39, 0.29) is 0 Å². The van der Waals surface area contributed by atoms with Crippen LogP contribution in [0.2, 0.25) is 0 Å². The van der Waals surface area contributed by atoms with Crippen LogP contribution in [0.4, 0.5) is 0 Å². The van der Waals surface area contributed by atoms with Crippen LogP contribution in [0.25, 0.3) is 0 Å². The molecule has 0 aliphatic rings.